The Kier molecular flexibility index (Phi) is 11.4. The summed E-state index contributed by atoms with van der Waals surface area (Å²) in [7, 11) is 3.54. The zero-order valence-corrected chi connectivity index (χ0v) is 17.8. The summed E-state index contributed by atoms with van der Waals surface area (Å²) in [6.45, 7) is 8.39. The van der Waals surface area contributed by atoms with Crippen molar-refractivity contribution in [1.82, 2.24) is 15.5 Å². The summed E-state index contributed by atoms with van der Waals surface area (Å²) in [5.74, 6) is 1.23. The van der Waals surface area contributed by atoms with E-state index in [1.54, 1.807) is 19.0 Å². The van der Waals surface area contributed by atoms with Crippen molar-refractivity contribution in [3.05, 3.63) is 35.4 Å². The topological polar surface area (TPSA) is 56.7 Å². The summed E-state index contributed by atoms with van der Waals surface area (Å²) < 4.78 is 0. The Morgan fingerprint density at radius 1 is 1.21 bits per heavy atom. The van der Waals surface area contributed by atoms with E-state index >= 15 is 0 Å². The molecule has 0 bridgehead atoms. The average molecular weight is 446 g/mol. The second-order valence-corrected chi connectivity index (χ2v) is 6.00. The molecule has 0 aliphatic carbocycles. The molecule has 0 heterocycles. The average Bonchev–Trinajstić information content (AvgIpc) is 2.52. The van der Waals surface area contributed by atoms with Gasteiger partial charge in [-0.1, -0.05) is 36.8 Å². The number of nitrogens with zero attached hydrogens (tertiary/aromatic N) is 2. The van der Waals surface area contributed by atoms with Crippen molar-refractivity contribution < 1.29 is 4.79 Å². The van der Waals surface area contributed by atoms with Crippen LogP contribution in [-0.2, 0) is 4.79 Å². The second-order valence-electron chi connectivity index (χ2n) is 6.00. The van der Waals surface area contributed by atoms with Gasteiger partial charge in [-0.2, -0.15) is 0 Å². The number of hydrogen-bond donors (Lipinski definition) is 2. The van der Waals surface area contributed by atoms with Gasteiger partial charge in [-0.25, -0.2) is 0 Å². The Bertz CT molecular complexity index is 514. The highest BCUT2D eigenvalue weighted by Gasteiger charge is 2.07. The molecule has 0 aliphatic heterocycles. The minimum atomic E-state index is 0. The van der Waals surface area contributed by atoms with Gasteiger partial charge in [0, 0.05) is 46.1 Å². The standard InChI is InChI=1S/C18H30N4O.HI/c1-6-19-18(20-12-11-17(23)22(4)5)21-13-15(3)16-9-7-14(2)8-10-16;/h7-10,15H,6,11-13H2,1-5H3,(H2,19,20,21);1H. The summed E-state index contributed by atoms with van der Waals surface area (Å²) in [4.78, 5) is 17.8. The van der Waals surface area contributed by atoms with Gasteiger partial charge in [0.15, 0.2) is 5.96 Å². The van der Waals surface area contributed by atoms with Gasteiger partial charge >= 0.3 is 0 Å². The lowest BCUT2D eigenvalue weighted by Crippen LogP contribution is -2.39. The molecule has 0 spiro atoms. The number of hydrogen-bond acceptors (Lipinski definition) is 2. The smallest absolute Gasteiger partial charge is 0.223 e. The zero-order valence-electron chi connectivity index (χ0n) is 15.4. The van der Waals surface area contributed by atoms with Gasteiger partial charge in [-0.3, -0.25) is 9.79 Å². The predicted octanol–water partition coefficient (Wildman–Crippen LogP) is 2.75. The monoisotopic (exact) mass is 446 g/mol. The fraction of sp³-hybridized carbons (Fsp3) is 0.556. The highest BCUT2D eigenvalue weighted by Crippen LogP contribution is 2.15. The minimum absolute atomic E-state index is 0. The molecule has 0 fully saturated rings. The van der Waals surface area contributed by atoms with Crippen molar-refractivity contribution in [3.63, 3.8) is 0 Å². The van der Waals surface area contributed by atoms with Crippen LogP contribution < -0.4 is 10.6 Å². The van der Waals surface area contributed by atoms with Crippen molar-refractivity contribution in [2.24, 2.45) is 4.99 Å². The molecular weight excluding hydrogens is 415 g/mol. The number of aliphatic imine (C=N–C) groups is 1. The van der Waals surface area contributed by atoms with Crippen LogP contribution in [0.3, 0.4) is 0 Å². The van der Waals surface area contributed by atoms with E-state index in [9.17, 15) is 4.79 Å². The molecule has 5 nitrogen and oxygen atoms in total. The number of carbonyl (C=O) groups is 1. The van der Waals surface area contributed by atoms with Crippen LogP contribution in [0.15, 0.2) is 29.3 Å². The van der Waals surface area contributed by atoms with Gasteiger partial charge in [-0.15, -0.1) is 24.0 Å². The van der Waals surface area contributed by atoms with Crippen LogP contribution in [0, 0.1) is 6.92 Å². The van der Waals surface area contributed by atoms with Crippen LogP contribution >= 0.6 is 24.0 Å². The van der Waals surface area contributed by atoms with E-state index < -0.39 is 0 Å². The molecule has 136 valence electrons. The maximum absolute atomic E-state index is 11.6. The van der Waals surface area contributed by atoms with Crippen molar-refractivity contribution >= 4 is 35.8 Å². The van der Waals surface area contributed by atoms with Crippen LogP contribution in [-0.4, -0.2) is 50.5 Å². The number of amides is 1. The van der Waals surface area contributed by atoms with Crippen LogP contribution in [0.4, 0.5) is 0 Å². The van der Waals surface area contributed by atoms with Crippen molar-refractivity contribution in [2.75, 3.05) is 33.7 Å². The third kappa shape index (κ3) is 8.52. The summed E-state index contributed by atoms with van der Waals surface area (Å²) in [5, 5.41) is 6.43. The lowest BCUT2D eigenvalue weighted by atomic mass is 10.0. The number of benzene rings is 1. The molecule has 1 aromatic rings. The summed E-state index contributed by atoms with van der Waals surface area (Å²) in [5.41, 5.74) is 2.56. The highest BCUT2D eigenvalue weighted by molar-refractivity contribution is 14.0. The largest absolute Gasteiger partial charge is 0.357 e. The van der Waals surface area contributed by atoms with E-state index in [4.69, 9.17) is 0 Å². The first kappa shape index (κ1) is 22.7. The third-order valence-corrected chi connectivity index (χ3v) is 3.64. The van der Waals surface area contributed by atoms with Gasteiger partial charge in [0.25, 0.3) is 0 Å². The summed E-state index contributed by atoms with van der Waals surface area (Å²) >= 11 is 0. The number of aryl methyl sites for hydroxylation is 1. The Labute approximate surface area is 163 Å². The number of nitrogens with one attached hydrogen (secondary N) is 2. The molecule has 0 saturated heterocycles. The molecule has 1 atom stereocenters. The molecule has 1 rings (SSSR count). The molecule has 0 saturated carbocycles. The molecule has 0 aromatic heterocycles. The molecule has 0 radical (unpaired) electrons. The molecule has 2 N–H and O–H groups in total. The highest BCUT2D eigenvalue weighted by atomic mass is 127. The fourth-order valence-corrected chi connectivity index (χ4v) is 2.08. The number of carbonyl (C=O) groups excluding carboxylic acids is 1. The molecule has 1 aromatic carbocycles. The maximum atomic E-state index is 11.6. The SMILES string of the molecule is CCNC(=NCC(C)c1ccc(C)cc1)NCCC(=O)N(C)C.I. The van der Waals surface area contributed by atoms with Crippen LogP contribution in [0.5, 0.6) is 0 Å². The first-order valence-corrected chi connectivity index (χ1v) is 8.23. The van der Waals surface area contributed by atoms with Gasteiger partial charge in [0.1, 0.15) is 0 Å². The molecular formula is C18H31IN4O. The summed E-state index contributed by atoms with van der Waals surface area (Å²) in [6.07, 6.45) is 0.463. The summed E-state index contributed by atoms with van der Waals surface area (Å²) in [6, 6.07) is 8.58. The first-order valence-electron chi connectivity index (χ1n) is 8.23. The molecule has 6 heteroatoms. The normalized spacial score (nSPS) is 12.1. The number of halogens is 1. The molecule has 1 unspecified atom stereocenters. The van der Waals surface area contributed by atoms with Crippen molar-refractivity contribution in [2.45, 2.75) is 33.1 Å². The number of rotatable bonds is 7. The van der Waals surface area contributed by atoms with Gasteiger partial charge in [0.05, 0.1) is 0 Å². The Morgan fingerprint density at radius 3 is 2.38 bits per heavy atom. The van der Waals surface area contributed by atoms with Crippen molar-refractivity contribution in [1.29, 1.82) is 0 Å². The van der Waals surface area contributed by atoms with Gasteiger partial charge in [0.2, 0.25) is 5.91 Å². The predicted molar refractivity (Wildman–Crippen MR) is 112 cm³/mol. The lowest BCUT2D eigenvalue weighted by Gasteiger charge is -2.15. The Morgan fingerprint density at radius 2 is 1.83 bits per heavy atom. The molecule has 1 amide bonds. The van der Waals surface area contributed by atoms with Gasteiger partial charge in [-0.05, 0) is 19.4 Å². The van der Waals surface area contributed by atoms with E-state index in [0.29, 0.717) is 25.4 Å². The van der Waals surface area contributed by atoms with E-state index in [-0.39, 0.29) is 29.9 Å². The van der Waals surface area contributed by atoms with Crippen LogP contribution in [0.2, 0.25) is 0 Å². The molecule has 0 aliphatic rings. The molecule has 24 heavy (non-hydrogen) atoms. The van der Waals surface area contributed by atoms with Gasteiger partial charge < -0.3 is 15.5 Å². The first-order chi connectivity index (χ1) is 10.9. The Hall–Kier alpha value is -1.31. The van der Waals surface area contributed by atoms with E-state index in [0.717, 1.165) is 12.5 Å². The van der Waals surface area contributed by atoms with E-state index in [2.05, 4.69) is 53.7 Å². The second kappa shape index (κ2) is 12.1. The van der Waals surface area contributed by atoms with E-state index in [1.165, 1.54) is 11.1 Å². The van der Waals surface area contributed by atoms with Crippen LogP contribution in [0.25, 0.3) is 0 Å². The van der Waals surface area contributed by atoms with Crippen LogP contribution in [0.1, 0.15) is 37.3 Å². The third-order valence-electron chi connectivity index (χ3n) is 3.64. The minimum Gasteiger partial charge on any atom is -0.357 e. The lowest BCUT2D eigenvalue weighted by molar-refractivity contribution is -0.128. The maximum Gasteiger partial charge on any atom is 0.223 e. The quantitative estimate of drug-likeness (QED) is 0.385. The van der Waals surface area contributed by atoms with E-state index in [1.807, 2.05) is 6.92 Å². The van der Waals surface area contributed by atoms with Crippen molar-refractivity contribution in [3.8, 4) is 0 Å². The zero-order chi connectivity index (χ0) is 17.2. The Balaban J connectivity index is 0.00000529. The fourth-order valence-electron chi connectivity index (χ4n) is 2.08. The number of guanidine groups is 1.